The van der Waals surface area contributed by atoms with Crippen molar-refractivity contribution in [2.75, 3.05) is 13.2 Å². The van der Waals surface area contributed by atoms with Gasteiger partial charge in [0, 0.05) is 12.8 Å². The molecule has 0 bridgehead atoms. The van der Waals surface area contributed by atoms with Crippen molar-refractivity contribution >= 4 is 11.9 Å². The molecule has 6 nitrogen and oxygen atoms in total. The molecule has 0 aromatic carbocycles. The standard InChI is InChI=1S/C69H129NO5/c1-3-5-7-9-11-13-14-15-40-43-47-51-55-59-63-69(74)75-64-60-56-52-48-44-41-38-36-34-32-30-28-26-24-22-20-18-16-17-19-21-23-25-27-29-31-33-35-37-39-42-46-50-54-58-62-68(73)70-66(65-71)67(72)61-57-53-49-45-12-10-8-6-4-2/h9,11,14-15,18,20,24,26,66-67,71-72H,3-8,10,12-13,16-17,19,21-23,25,27-65H2,1-2H3,(H,70,73)/b11-9-,15-14-,20-18-,26-24-. The van der Waals surface area contributed by atoms with Gasteiger partial charge in [-0.2, -0.15) is 0 Å². The number of aliphatic hydroxyl groups excluding tert-OH is 2. The number of amides is 1. The Hall–Kier alpha value is -2.18. The maximum Gasteiger partial charge on any atom is 0.305 e. The Morgan fingerprint density at radius 3 is 1.05 bits per heavy atom. The predicted octanol–water partition coefficient (Wildman–Crippen LogP) is 21.3. The van der Waals surface area contributed by atoms with Crippen molar-refractivity contribution < 1.29 is 24.5 Å². The Morgan fingerprint density at radius 1 is 0.373 bits per heavy atom. The monoisotopic (exact) mass is 1050 g/mol. The van der Waals surface area contributed by atoms with Gasteiger partial charge >= 0.3 is 5.97 Å². The topological polar surface area (TPSA) is 95.9 Å². The van der Waals surface area contributed by atoms with E-state index in [1.165, 1.54) is 263 Å². The molecule has 0 aromatic rings. The highest BCUT2D eigenvalue weighted by Gasteiger charge is 2.20. The molecule has 0 aliphatic heterocycles. The summed E-state index contributed by atoms with van der Waals surface area (Å²) in [7, 11) is 0. The van der Waals surface area contributed by atoms with Crippen LogP contribution in [0.3, 0.4) is 0 Å². The van der Waals surface area contributed by atoms with Gasteiger partial charge in [0.25, 0.3) is 0 Å². The number of allylic oxidation sites excluding steroid dienone is 8. The number of ether oxygens (including phenoxy) is 1. The molecule has 0 fully saturated rings. The third kappa shape index (κ3) is 60.9. The van der Waals surface area contributed by atoms with E-state index < -0.39 is 12.1 Å². The number of aliphatic hydroxyl groups is 2. The van der Waals surface area contributed by atoms with E-state index in [1.54, 1.807) is 0 Å². The summed E-state index contributed by atoms with van der Waals surface area (Å²) in [6.07, 6.45) is 83.1. The summed E-state index contributed by atoms with van der Waals surface area (Å²) in [5.74, 6) is -0.0325. The Morgan fingerprint density at radius 2 is 0.680 bits per heavy atom. The zero-order valence-electron chi connectivity index (χ0n) is 50.3. The van der Waals surface area contributed by atoms with Crippen LogP contribution in [-0.2, 0) is 14.3 Å². The molecule has 0 spiro atoms. The fourth-order valence-electron chi connectivity index (χ4n) is 10.2. The molecule has 75 heavy (non-hydrogen) atoms. The molecule has 3 N–H and O–H groups in total. The van der Waals surface area contributed by atoms with Crippen LogP contribution in [0.15, 0.2) is 48.6 Å². The van der Waals surface area contributed by atoms with Crippen LogP contribution in [0, 0.1) is 0 Å². The van der Waals surface area contributed by atoms with Crippen molar-refractivity contribution in [1.82, 2.24) is 5.32 Å². The van der Waals surface area contributed by atoms with E-state index >= 15 is 0 Å². The SMILES string of the molecule is CCCC/C=C\C/C=C\CCCCCCCC(=O)OCCCCCCCCCCCCC/C=C\C/C=C\CCCCCCCCCCCCCCCCCCCC(=O)NC(CO)C(O)CCCCCCCCCCC. The van der Waals surface area contributed by atoms with E-state index in [2.05, 4.69) is 67.8 Å². The number of carbonyl (C=O) groups is 2. The average Bonchev–Trinajstić information content (AvgIpc) is 3.41. The van der Waals surface area contributed by atoms with Crippen molar-refractivity contribution in [2.45, 2.75) is 366 Å². The van der Waals surface area contributed by atoms with Gasteiger partial charge in [-0.3, -0.25) is 9.59 Å². The molecule has 6 heteroatoms. The summed E-state index contributed by atoms with van der Waals surface area (Å²) in [6, 6.07) is -0.538. The normalized spacial score (nSPS) is 12.9. The fraction of sp³-hybridized carbons (Fsp3) is 0.855. The number of unbranched alkanes of at least 4 members (excludes halogenated alkanes) is 43. The van der Waals surface area contributed by atoms with Gasteiger partial charge in [-0.25, -0.2) is 0 Å². The zero-order chi connectivity index (χ0) is 54.3. The van der Waals surface area contributed by atoms with E-state index in [1.807, 2.05) is 0 Å². The quantitative estimate of drug-likeness (QED) is 0.0320. The van der Waals surface area contributed by atoms with Gasteiger partial charge in [-0.15, -0.1) is 0 Å². The van der Waals surface area contributed by atoms with Crippen LogP contribution in [0.4, 0.5) is 0 Å². The summed E-state index contributed by atoms with van der Waals surface area (Å²) in [4.78, 5) is 24.5. The molecule has 2 unspecified atom stereocenters. The van der Waals surface area contributed by atoms with E-state index in [-0.39, 0.29) is 18.5 Å². The van der Waals surface area contributed by atoms with Gasteiger partial charge in [0.15, 0.2) is 0 Å². The summed E-state index contributed by atoms with van der Waals surface area (Å²) >= 11 is 0. The molecular formula is C69H129NO5. The van der Waals surface area contributed by atoms with Crippen LogP contribution in [0.25, 0.3) is 0 Å². The Balaban J connectivity index is 3.35. The van der Waals surface area contributed by atoms with Crippen LogP contribution in [0.1, 0.15) is 354 Å². The third-order valence-electron chi connectivity index (χ3n) is 15.4. The molecule has 0 rings (SSSR count). The number of esters is 1. The van der Waals surface area contributed by atoms with Crippen LogP contribution >= 0.6 is 0 Å². The molecule has 0 radical (unpaired) electrons. The van der Waals surface area contributed by atoms with E-state index in [0.29, 0.717) is 25.9 Å². The maximum absolute atomic E-state index is 12.4. The predicted molar refractivity (Wildman–Crippen MR) is 329 cm³/mol. The first-order valence-electron chi connectivity index (χ1n) is 33.4. The minimum Gasteiger partial charge on any atom is -0.466 e. The number of nitrogens with one attached hydrogen (secondary N) is 1. The lowest BCUT2D eigenvalue weighted by atomic mass is 10.0. The molecule has 440 valence electrons. The summed E-state index contributed by atoms with van der Waals surface area (Å²) < 4.78 is 5.48. The molecule has 0 saturated carbocycles. The van der Waals surface area contributed by atoms with Crippen molar-refractivity contribution in [3.8, 4) is 0 Å². The third-order valence-corrected chi connectivity index (χ3v) is 15.4. The zero-order valence-corrected chi connectivity index (χ0v) is 50.3. The Bertz CT molecular complexity index is 1260. The summed E-state index contributed by atoms with van der Waals surface area (Å²) in [5.41, 5.74) is 0. The number of carbonyl (C=O) groups excluding carboxylic acids is 2. The van der Waals surface area contributed by atoms with E-state index in [9.17, 15) is 19.8 Å². The molecule has 0 aliphatic rings. The smallest absolute Gasteiger partial charge is 0.305 e. The first kappa shape index (κ1) is 72.8. The van der Waals surface area contributed by atoms with E-state index in [4.69, 9.17) is 4.74 Å². The lowest BCUT2D eigenvalue weighted by Crippen LogP contribution is -2.45. The van der Waals surface area contributed by atoms with Crippen LogP contribution in [0.5, 0.6) is 0 Å². The highest BCUT2D eigenvalue weighted by Crippen LogP contribution is 2.18. The van der Waals surface area contributed by atoms with Crippen molar-refractivity contribution in [1.29, 1.82) is 0 Å². The Kier molecular flexibility index (Phi) is 62.5. The van der Waals surface area contributed by atoms with Gasteiger partial charge in [0.1, 0.15) is 0 Å². The van der Waals surface area contributed by atoms with Crippen LogP contribution in [-0.4, -0.2) is 47.4 Å². The molecule has 0 saturated heterocycles. The lowest BCUT2D eigenvalue weighted by Gasteiger charge is -2.22. The molecule has 2 atom stereocenters. The summed E-state index contributed by atoms with van der Waals surface area (Å²) in [6.45, 7) is 4.90. The van der Waals surface area contributed by atoms with Gasteiger partial charge in [0.05, 0.1) is 25.4 Å². The van der Waals surface area contributed by atoms with Crippen molar-refractivity contribution in [2.24, 2.45) is 0 Å². The minimum atomic E-state index is -0.660. The molecular weight excluding hydrogens is 923 g/mol. The Labute approximate surface area is 467 Å². The largest absolute Gasteiger partial charge is 0.466 e. The van der Waals surface area contributed by atoms with Gasteiger partial charge in [-0.1, -0.05) is 306 Å². The summed E-state index contributed by atoms with van der Waals surface area (Å²) in [5, 5.41) is 23.1. The van der Waals surface area contributed by atoms with E-state index in [0.717, 1.165) is 57.8 Å². The number of hydrogen-bond donors (Lipinski definition) is 3. The molecule has 0 heterocycles. The first-order chi connectivity index (χ1) is 37.0. The second-order valence-corrected chi connectivity index (χ2v) is 22.8. The number of rotatable bonds is 62. The first-order valence-corrected chi connectivity index (χ1v) is 33.4. The second kappa shape index (κ2) is 64.3. The van der Waals surface area contributed by atoms with Crippen LogP contribution < -0.4 is 5.32 Å². The molecule has 0 aliphatic carbocycles. The van der Waals surface area contributed by atoms with Crippen molar-refractivity contribution in [3.05, 3.63) is 48.6 Å². The molecule has 1 amide bonds. The fourth-order valence-corrected chi connectivity index (χ4v) is 10.2. The van der Waals surface area contributed by atoms with Gasteiger partial charge < -0.3 is 20.3 Å². The highest BCUT2D eigenvalue weighted by molar-refractivity contribution is 5.76. The number of hydrogen-bond acceptors (Lipinski definition) is 5. The lowest BCUT2D eigenvalue weighted by molar-refractivity contribution is -0.143. The molecule has 0 aromatic heterocycles. The maximum atomic E-state index is 12.4. The highest BCUT2D eigenvalue weighted by atomic mass is 16.5. The minimum absolute atomic E-state index is 0.00184. The van der Waals surface area contributed by atoms with Gasteiger partial charge in [0.2, 0.25) is 5.91 Å². The average molecular weight is 1050 g/mol. The second-order valence-electron chi connectivity index (χ2n) is 22.8. The van der Waals surface area contributed by atoms with Crippen molar-refractivity contribution in [3.63, 3.8) is 0 Å². The van der Waals surface area contributed by atoms with Crippen LogP contribution in [0.2, 0.25) is 0 Å². The van der Waals surface area contributed by atoms with Gasteiger partial charge in [-0.05, 0) is 83.5 Å².